The Hall–Kier alpha value is -3.04. The fourth-order valence-electron chi connectivity index (χ4n) is 6.92. The van der Waals surface area contributed by atoms with Gasteiger partial charge in [-0.05, 0) is 144 Å². The van der Waals surface area contributed by atoms with Crippen LogP contribution in [0, 0.1) is 37.0 Å². The number of ether oxygens (including phenoxy) is 1. The molecule has 2 aliphatic carbocycles. The molecule has 0 atom stereocenters. The van der Waals surface area contributed by atoms with Crippen molar-refractivity contribution in [2.75, 3.05) is 18.0 Å². The van der Waals surface area contributed by atoms with E-state index in [0.29, 0.717) is 5.56 Å². The van der Waals surface area contributed by atoms with Crippen LogP contribution in [0.1, 0.15) is 97.7 Å². The topological polar surface area (TPSA) is 85.6 Å². The summed E-state index contributed by atoms with van der Waals surface area (Å²) in [6.45, 7) is 6.14. The first-order valence-corrected chi connectivity index (χ1v) is 15.4. The number of nitrogens with one attached hydrogen (secondary N) is 1. The molecule has 1 aliphatic heterocycles. The largest absolute Gasteiger partial charge is 0.490 e. The highest BCUT2D eigenvalue weighted by Crippen LogP contribution is 2.34. The van der Waals surface area contributed by atoms with E-state index in [1.807, 2.05) is 38.1 Å². The quantitative estimate of drug-likeness (QED) is 0.419. The van der Waals surface area contributed by atoms with E-state index >= 15 is 0 Å². The molecular weight excluding hydrogens is 498 g/mol. The van der Waals surface area contributed by atoms with Crippen molar-refractivity contribution in [1.29, 1.82) is 5.26 Å². The molecular formula is C34H45N3O3. The highest BCUT2D eigenvalue weighted by Gasteiger charge is 2.27. The van der Waals surface area contributed by atoms with Crippen molar-refractivity contribution >= 4 is 11.6 Å². The number of nitriles is 1. The molecule has 2 aromatic rings. The highest BCUT2D eigenvalue weighted by molar-refractivity contribution is 5.94. The number of carbonyl (C=O) groups excluding carboxylic acids is 1. The van der Waals surface area contributed by atoms with Crippen LogP contribution in [0.4, 0.5) is 5.69 Å². The number of hydrogen-bond acceptors (Lipinski definition) is 5. The molecule has 0 spiro atoms. The zero-order chi connectivity index (χ0) is 28.1. The number of anilines is 1. The van der Waals surface area contributed by atoms with Crippen LogP contribution in [-0.2, 0) is 0 Å². The predicted molar refractivity (Wildman–Crippen MR) is 159 cm³/mol. The number of aliphatic hydroxyl groups excluding tert-OH is 1. The SMILES string of the molecule is Cc1c(C#N)ccc(OC2CCC(NC(=O)c3ccc(N4CCC(CC5CCC(O)CC5)CC4)cc3)CC2)c1C. The lowest BCUT2D eigenvalue weighted by molar-refractivity contribution is 0.0893. The van der Waals surface area contributed by atoms with Crippen molar-refractivity contribution in [3.63, 3.8) is 0 Å². The second kappa shape index (κ2) is 13.1. The number of aliphatic hydroxyl groups is 1. The van der Waals surface area contributed by atoms with Crippen LogP contribution in [0.3, 0.4) is 0 Å². The normalized spacial score (nSPS) is 25.7. The number of piperidine rings is 1. The molecule has 40 heavy (non-hydrogen) atoms. The lowest BCUT2D eigenvalue weighted by Gasteiger charge is -2.36. The molecule has 1 amide bonds. The van der Waals surface area contributed by atoms with Crippen LogP contribution in [0.15, 0.2) is 36.4 Å². The van der Waals surface area contributed by atoms with Crippen molar-refractivity contribution in [3.05, 3.63) is 58.7 Å². The average Bonchev–Trinajstić information content (AvgIpc) is 2.98. The van der Waals surface area contributed by atoms with Gasteiger partial charge >= 0.3 is 0 Å². The maximum absolute atomic E-state index is 13.0. The van der Waals surface area contributed by atoms with Crippen LogP contribution < -0.4 is 15.0 Å². The molecule has 0 unspecified atom stereocenters. The lowest BCUT2D eigenvalue weighted by Crippen LogP contribution is -2.39. The molecule has 2 aromatic carbocycles. The average molecular weight is 544 g/mol. The molecule has 5 rings (SSSR count). The van der Waals surface area contributed by atoms with Gasteiger partial charge in [-0.25, -0.2) is 0 Å². The van der Waals surface area contributed by atoms with Crippen molar-refractivity contribution < 1.29 is 14.6 Å². The van der Waals surface area contributed by atoms with Crippen LogP contribution in [0.2, 0.25) is 0 Å². The third kappa shape index (κ3) is 6.99. The Morgan fingerprint density at radius 3 is 2.20 bits per heavy atom. The number of carbonyl (C=O) groups is 1. The summed E-state index contributed by atoms with van der Waals surface area (Å²) in [5, 5.41) is 22.2. The van der Waals surface area contributed by atoms with Gasteiger partial charge < -0.3 is 20.1 Å². The Morgan fingerprint density at radius 2 is 1.55 bits per heavy atom. The van der Waals surface area contributed by atoms with Gasteiger partial charge in [-0.2, -0.15) is 5.26 Å². The molecule has 214 valence electrons. The smallest absolute Gasteiger partial charge is 0.251 e. The van der Waals surface area contributed by atoms with Crippen molar-refractivity contribution in [3.8, 4) is 11.8 Å². The molecule has 0 aromatic heterocycles. The minimum Gasteiger partial charge on any atom is -0.490 e. The van der Waals surface area contributed by atoms with E-state index in [1.165, 1.54) is 37.8 Å². The molecule has 6 nitrogen and oxygen atoms in total. The summed E-state index contributed by atoms with van der Waals surface area (Å²) in [5.41, 5.74) is 4.64. The summed E-state index contributed by atoms with van der Waals surface area (Å²) in [5.74, 6) is 2.47. The predicted octanol–water partition coefficient (Wildman–Crippen LogP) is 6.45. The van der Waals surface area contributed by atoms with Gasteiger partial charge in [-0.3, -0.25) is 4.79 Å². The van der Waals surface area contributed by atoms with Crippen molar-refractivity contribution in [2.45, 2.75) is 103 Å². The Morgan fingerprint density at radius 1 is 0.900 bits per heavy atom. The standard InChI is InChI=1S/C34H45N3O3/c1-23-24(2)33(16-7-28(23)22-35)40-32-14-8-29(9-15-32)36-34(39)27-5-10-30(11-6-27)37-19-17-26(18-20-37)21-25-3-12-31(38)13-4-25/h5-7,10-11,16,25-26,29,31-32,38H,3-4,8-9,12-15,17-21H2,1-2H3,(H,36,39). The van der Waals surface area contributed by atoms with E-state index in [-0.39, 0.29) is 24.2 Å². The minimum atomic E-state index is -0.0623. The summed E-state index contributed by atoms with van der Waals surface area (Å²) in [6.07, 6.45) is 11.8. The molecule has 2 saturated carbocycles. The van der Waals surface area contributed by atoms with Gasteiger partial charge in [-0.15, -0.1) is 0 Å². The van der Waals surface area contributed by atoms with Gasteiger partial charge in [0.05, 0.1) is 23.8 Å². The van der Waals surface area contributed by atoms with E-state index in [4.69, 9.17) is 4.74 Å². The summed E-state index contributed by atoms with van der Waals surface area (Å²) >= 11 is 0. The van der Waals surface area contributed by atoms with Crippen LogP contribution >= 0.6 is 0 Å². The molecule has 6 heteroatoms. The summed E-state index contributed by atoms with van der Waals surface area (Å²) in [4.78, 5) is 15.4. The Labute approximate surface area is 239 Å². The van der Waals surface area contributed by atoms with Gasteiger partial charge in [-0.1, -0.05) is 0 Å². The van der Waals surface area contributed by atoms with E-state index in [2.05, 4.69) is 28.4 Å². The Kier molecular flexibility index (Phi) is 9.32. The first-order chi connectivity index (χ1) is 19.4. The van der Waals surface area contributed by atoms with Gasteiger partial charge in [0.25, 0.3) is 5.91 Å². The molecule has 2 N–H and O–H groups in total. The van der Waals surface area contributed by atoms with E-state index < -0.39 is 0 Å². The summed E-state index contributed by atoms with van der Waals surface area (Å²) < 4.78 is 6.29. The summed E-state index contributed by atoms with van der Waals surface area (Å²) in [6, 6.07) is 14.3. The van der Waals surface area contributed by atoms with Gasteiger partial charge in [0.2, 0.25) is 0 Å². The zero-order valence-corrected chi connectivity index (χ0v) is 24.2. The molecule has 1 saturated heterocycles. The fraction of sp³-hybridized carbons (Fsp3) is 0.588. The molecule has 1 heterocycles. The van der Waals surface area contributed by atoms with Crippen LogP contribution in [0.5, 0.6) is 5.75 Å². The molecule has 3 fully saturated rings. The second-order valence-corrected chi connectivity index (χ2v) is 12.4. The van der Waals surface area contributed by atoms with Crippen molar-refractivity contribution in [1.82, 2.24) is 5.32 Å². The second-order valence-electron chi connectivity index (χ2n) is 12.4. The molecule has 0 radical (unpaired) electrons. The number of nitrogens with zero attached hydrogens (tertiary/aromatic N) is 2. The lowest BCUT2D eigenvalue weighted by atomic mass is 9.79. The van der Waals surface area contributed by atoms with Crippen LogP contribution in [-0.4, -0.2) is 42.4 Å². The monoisotopic (exact) mass is 543 g/mol. The van der Waals surface area contributed by atoms with Crippen molar-refractivity contribution in [2.24, 2.45) is 11.8 Å². The fourth-order valence-corrected chi connectivity index (χ4v) is 6.92. The minimum absolute atomic E-state index is 0.00536. The first-order valence-electron chi connectivity index (χ1n) is 15.4. The van der Waals surface area contributed by atoms with Gasteiger partial charge in [0.1, 0.15) is 5.75 Å². The van der Waals surface area contributed by atoms with E-state index in [9.17, 15) is 15.2 Å². The van der Waals surface area contributed by atoms with Gasteiger partial charge in [0, 0.05) is 30.4 Å². The number of hydrogen-bond donors (Lipinski definition) is 2. The molecule has 3 aliphatic rings. The first kappa shape index (κ1) is 28.5. The van der Waals surface area contributed by atoms with Crippen LogP contribution in [0.25, 0.3) is 0 Å². The maximum Gasteiger partial charge on any atom is 0.251 e. The number of rotatable bonds is 7. The third-order valence-electron chi connectivity index (χ3n) is 9.75. The van der Waals surface area contributed by atoms with Gasteiger partial charge in [0.15, 0.2) is 0 Å². The Bertz CT molecular complexity index is 1180. The Balaban J connectivity index is 1.04. The zero-order valence-electron chi connectivity index (χ0n) is 24.2. The number of amides is 1. The summed E-state index contributed by atoms with van der Waals surface area (Å²) in [7, 11) is 0. The van der Waals surface area contributed by atoms with E-state index in [1.54, 1.807) is 0 Å². The third-order valence-corrected chi connectivity index (χ3v) is 9.75. The maximum atomic E-state index is 13.0. The number of benzene rings is 2. The molecule has 0 bridgehead atoms. The van der Waals surface area contributed by atoms with E-state index in [0.717, 1.165) is 85.9 Å². The highest BCUT2D eigenvalue weighted by atomic mass is 16.5.